The van der Waals surface area contributed by atoms with Crippen molar-refractivity contribution in [3.05, 3.63) is 59.6 Å². The summed E-state index contributed by atoms with van der Waals surface area (Å²) in [5, 5.41) is 3.59. The smallest absolute Gasteiger partial charge is 0.408 e. The molecule has 0 saturated carbocycles. The van der Waals surface area contributed by atoms with Crippen LogP contribution in [0, 0.1) is 18.4 Å². The quantitative estimate of drug-likeness (QED) is 0.547. The molecule has 3 aromatic rings. The van der Waals surface area contributed by atoms with Crippen LogP contribution in [0.1, 0.15) is 32.0 Å². The van der Waals surface area contributed by atoms with Crippen LogP contribution in [0.5, 0.6) is 0 Å². The first-order chi connectivity index (χ1) is 13.7. The molecule has 0 atom stereocenters. The van der Waals surface area contributed by atoms with Gasteiger partial charge in [-0.25, -0.2) is 14.6 Å². The van der Waals surface area contributed by atoms with Gasteiger partial charge in [-0.1, -0.05) is 24.0 Å². The highest BCUT2D eigenvalue weighted by Gasteiger charge is 2.15. The minimum Gasteiger partial charge on any atom is -0.444 e. The monoisotopic (exact) mass is 389 g/mol. The fourth-order valence-electron chi connectivity index (χ4n) is 2.87. The summed E-state index contributed by atoms with van der Waals surface area (Å²) < 4.78 is 9.14. The topological polar surface area (TPSA) is 65.4 Å². The first kappa shape index (κ1) is 20.0. The second-order valence-corrected chi connectivity index (χ2v) is 7.67. The first-order valence-electron chi connectivity index (χ1n) is 9.18. The lowest BCUT2D eigenvalue weighted by atomic mass is 10.1. The van der Waals surface area contributed by atoms with Crippen LogP contribution in [0.15, 0.2) is 36.9 Å². The van der Waals surface area contributed by atoms with Crippen LogP contribution in [0.3, 0.4) is 0 Å². The zero-order valence-electron chi connectivity index (χ0n) is 17.0. The van der Waals surface area contributed by atoms with Crippen molar-refractivity contribution >= 4 is 22.7 Å². The zero-order valence-corrected chi connectivity index (χ0v) is 17.0. The van der Waals surface area contributed by atoms with Gasteiger partial charge in [-0.05, 0) is 26.8 Å². The van der Waals surface area contributed by atoms with E-state index in [2.05, 4.69) is 27.0 Å². The van der Waals surface area contributed by atoms with Gasteiger partial charge in [0, 0.05) is 30.3 Å². The van der Waals surface area contributed by atoms with Crippen molar-refractivity contribution in [3.8, 4) is 11.8 Å². The van der Waals surface area contributed by atoms with Gasteiger partial charge >= 0.3 is 6.09 Å². The lowest BCUT2D eigenvalue weighted by molar-refractivity contribution is 0.0535. The number of aryl methyl sites for hydroxylation is 1. The normalized spacial score (nSPS) is 10.9. The van der Waals surface area contributed by atoms with Crippen LogP contribution in [0.25, 0.3) is 15.7 Å². The highest BCUT2D eigenvalue weighted by atomic mass is 16.6. The van der Waals surface area contributed by atoms with Crippen LogP contribution in [0.2, 0.25) is 0 Å². The number of fused-ring (bicyclic) bond motifs is 1. The molecule has 148 valence electrons. The van der Waals surface area contributed by atoms with Crippen molar-refractivity contribution < 1.29 is 9.53 Å². The number of carbonyl (C=O) groups is 1. The average molecular weight is 389 g/mol. The highest BCUT2D eigenvalue weighted by molar-refractivity contribution is 5.89. The maximum atomic E-state index is 11.7. The van der Waals surface area contributed by atoms with Crippen LogP contribution < -0.4 is 5.32 Å². The zero-order chi connectivity index (χ0) is 21.0. The van der Waals surface area contributed by atoms with Crippen molar-refractivity contribution in [1.82, 2.24) is 19.4 Å². The van der Waals surface area contributed by atoms with E-state index in [1.54, 1.807) is 12.4 Å². The minimum atomic E-state index is -0.545. The van der Waals surface area contributed by atoms with E-state index in [-0.39, 0.29) is 6.54 Å². The summed E-state index contributed by atoms with van der Waals surface area (Å²) in [7, 11) is 1.93. The number of imidazole rings is 1. The molecule has 0 radical (unpaired) electrons. The largest absolute Gasteiger partial charge is 0.444 e. The van der Waals surface area contributed by atoms with Crippen molar-refractivity contribution in [1.29, 1.82) is 0 Å². The molecule has 0 saturated heterocycles. The number of aromatic nitrogens is 3. The second kappa shape index (κ2) is 8.12. The Kier molecular flexibility index (Phi) is 5.61. The van der Waals surface area contributed by atoms with Crippen molar-refractivity contribution in [2.24, 2.45) is 7.05 Å². The van der Waals surface area contributed by atoms with E-state index < -0.39 is 11.7 Å². The highest BCUT2D eigenvalue weighted by Crippen LogP contribution is 2.26. The van der Waals surface area contributed by atoms with Gasteiger partial charge in [0.05, 0.1) is 37.2 Å². The first-order valence-corrected chi connectivity index (χ1v) is 9.18. The second-order valence-electron chi connectivity index (χ2n) is 7.67. The molecule has 7 heteroatoms. The Bertz CT molecular complexity index is 1150. The predicted molar refractivity (Wildman–Crippen MR) is 112 cm³/mol. The van der Waals surface area contributed by atoms with Crippen molar-refractivity contribution in [2.75, 3.05) is 6.54 Å². The van der Waals surface area contributed by atoms with E-state index in [1.165, 1.54) is 0 Å². The molecule has 2 aromatic heterocycles. The summed E-state index contributed by atoms with van der Waals surface area (Å²) in [5.41, 5.74) is 2.71. The molecule has 1 aromatic carbocycles. The van der Waals surface area contributed by atoms with Gasteiger partial charge in [-0.3, -0.25) is 0 Å². The van der Waals surface area contributed by atoms with Gasteiger partial charge < -0.3 is 19.2 Å². The number of nitrogens with zero attached hydrogens (tertiary/aromatic N) is 4. The number of carbonyl (C=O) groups excluding carboxylic acids is 1. The van der Waals surface area contributed by atoms with Crippen LogP contribution in [-0.2, 0) is 18.3 Å². The summed E-state index contributed by atoms with van der Waals surface area (Å²) in [6, 6.07) is 5.54. The number of ether oxygens (including phenoxy) is 1. The van der Waals surface area contributed by atoms with E-state index in [0.717, 1.165) is 22.2 Å². The average Bonchev–Trinajstić information content (AvgIpc) is 3.21. The summed E-state index contributed by atoms with van der Waals surface area (Å²) in [6.45, 7) is 13.5. The molecule has 3 rings (SSSR count). The maximum absolute atomic E-state index is 11.7. The molecule has 0 aliphatic heterocycles. The number of amides is 1. The molecule has 29 heavy (non-hydrogen) atoms. The lowest BCUT2D eigenvalue weighted by Gasteiger charge is -2.18. The Morgan fingerprint density at radius 1 is 1.34 bits per heavy atom. The Morgan fingerprint density at radius 2 is 2.14 bits per heavy atom. The van der Waals surface area contributed by atoms with Crippen molar-refractivity contribution in [3.63, 3.8) is 0 Å². The standard InChI is InChI=1S/C22H23N5O2/c1-22(2,3)29-21(28)24-10-6-7-16-12-27(14-18-13-26(5)15-25-18)20-11-17(23-4)8-9-19(16)20/h8-9,11-13,15H,10,14H2,1-3,5H3,(H,24,28). The third-order valence-electron chi connectivity index (χ3n) is 4.03. The molecule has 1 N–H and O–H groups in total. The number of hydrogen-bond donors (Lipinski definition) is 1. The third-order valence-corrected chi connectivity index (χ3v) is 4.03. The molecule has 2 heterocycles. The lowest BCUT2D eigenvalue weighted by Crippen LogP contribution is -2.32. The molecule has 0 bridgehead atoms. The van der Waals surface area contributed by atoms with E-state index in [4.69, 9.17) is 11.3 Å². The maximum Gasteiger partial charge on any atom is 0.408 e. The summed E-state index contributed by atoms with van der Waals surface area (Å²) >= 11 is 0. The van der Waals surface area contributed by atoms with Gasteiger partial charge in [0.25, 0.3) is 0 Å². The number of alkyl carbamates (subject to hydrolysis) is 1. The van der Waals surface area contributed by atoms with E-state index in [0.29, 0.717) is 12.2 Å². The number of hydrogen-bond acceptors (Lipinski definition) is 3. The molecular formula is C22H23N5O2. The van der Waals surface area contributed by atoms with E-state index >= 15 is 0 Å². The SMILES string of the molecule is [C-]#[N+]c1ccc2c(C#CCNC(=O)OC(C)(C)C)cn(Cc3cn(C)cn3)c2c1. The van der Waals surface area contributed by atoms with Gasteiger partial charge in [-0.2, -0.15) is 0 Å². The third kappa shape index (κ3) is 5.18. The predicted octanol–water partition coefficient (Wildman–Crippen LogP) is 3.85. The van der Waals surface area contributed by atoms with Gasteiger partial charge in [0.1, 0.15) is 5.60 Å². The summed E-state index contributed by atoms with van der Waals surface area (Å²) in [4.78, 5) is 19.6. The van der Waals surface area contributed by atoms with Crippen LogP contribution in [0.4, 0.5) is 10.5 Å². The molecule has 0 fully saturated rings. The molecule has 0 spiro atoms. The van der Waals surface area contributed by atoms with E-state index in [9.17, 15) is 4.79 Å². The molecule has 7 nitrogen and oxygen atoms in total. The number of benzene rings is 1. The number of nitrogens with one attached hydrogen (secondary N) is 1. The van der Waals surface area contributed by atoms with Gasteiger partial charge in [0.2, 0.25) is 0 Å². The Labute approximate surface area is 170 Å². The van der Waals surface area contributed by atoms with Crippen LogP contribution >= 0.6 is 0 Å². The molecular weight excluding hydrogens is 366 g/mol. The fraction of sp³-hybridized carbons (Fsp3) is 0.318. The minimum absolute atomic E-state index is 0.183. The Hall–Kier alpha value is -3.71. The summed E-state index contributed by atoms with van der Waals surface area (Å²) in [6.07, 6.45) is 5.18. The van der Waals surface area contributed by atoms with Gasteiger partial charge in [0.15, 0.2) is 5.69 Å². The Morgan fingerprint density at radius 3 is 2.79 bits per heavy atom. The van der Waals surface area contributed by atoms with Crippen molar-refractivity contribution in [2.45, 2.75) is 32.9 Å². The Balaban J connectivity index is 1.83. The van der Waals surface area contributed by atoms with E-state index in [1.807, 2.05) is 61.5 Å². The van der Waals surface area contributed by atoms with Crippen LogP contribution in [-0.4, -0.2) is 32.4 Å². The summed E-state index contributed by atoms with van der Waals surface area (Å²) in [5.74, 6) is 6.08. The fourth-order valence-corrected chi connectivity index (χ4v) is 2.87. The number of rotatable bonds is 3. The molecule has 1 amide bonds. The van der Waals surface area contributed by atoms with Gasteiger partial charge in [-0.15, -0.1) is 0 Å². The molecule has 0 unspecified atom stereocenters. The molecule has 0 aliphatic carbocycles. The molecule has 0 aliphatic rings.